The molecule has 0 saturated carbocycles. The molecule has 1 aliphatic rings. The van der Waals surface area contributed by atoms with Gasteiger partial charge in [-0.25, -0.2) is 8.42 Å². The zero-order valence-corrected chi connectivity index (χ0v) is 26.6. The molecule has 46 heavy (non-hydrogen) atoms. The van der Waals surface area contributed by atoms with Gasteiger partial charge >= 0.3 is 5.69 Å². The van der Waals surface area contributed by atoms with Gasteiger partial charge in [0.15, 0.2) is 5.75 Å². The van der Waals surface area contributed by atoms with E-state index in [1.54, 1.807) is 66.7 Å². The summed E-state index contributed by atoms with van der Waals surface area (Å²) < 4.78 is 51.4. The number of carbonyl (C=O) groups excluding carboxylic acids is 1. The summed E-state index contributed by atoms with van der Waals surface area (Å²) in [6.45, 7) is -0.0506. The molecule has 5 rings (SSSR count). The van der Waals surface area contributed by atoms with Crippen molar-refractivity contribution in [3.63, 3.8) is 0 Å². The quantitative estimate of drug-likeness (QED) is 0.0963. The lowest BCUT2D eigenvalue weighted by atomic mass is 9.78. The fraction of sp³-hybridized carbons (Fsp3) is 0.242. The molecular weight excluding hydrogens is 636 g/mol. The molecule has 0 N–H and O–H groups in total. The molecule has 4 aromatic carbocycles. The average Bonchev–Trinajstić information content (AvgIpc) is 3.07. The Morgan fingerprint density at radius 1 is 0.935 bits per heavy atom. The number of carbonyl (C=O) groups is 1. The standard InChI is InChI=1S/C33H31ClN2O9S/c1-42-26-8-3-23(4-9-26)19-35(20-24-5-10-27(43-2)11-6-24)46(40,41)28-12-14-31(30(18-28)36(38)39)45-22-33(21-37)15-16-44-32-17-25(34)7-13-29(32)33/h3-14,17-18,21H,15-16,19-20,22H2,1-2H3/t33-/m0/s1. The summed E-state index contributed by atoms with van der Waals surface area (Å²) in [6.07, 6.45) is 1.01. The van der Waals surface area contributed by atoms with Crippen LogP contribution in [0, 0.1) is 10.1 Å². The number of ether oxygens (including phenoxy) is 4. The van der Waals surface area contributed by atoms with Gasteiger partial charge in [-0.3, -0.25) is 10.1 Å². The van der Waals surface area contributed by atoms with Crippen molar-refractivity contribution in [1.82, 2.24) is 4.31 Å². The van der Waals surface area contributed by atoms with E-state index in [0.29, 0.717) is 39.0 Å². The summed E-state index contributed by atoms with van der Waals surface area (Å²) in [5, 5.41) is 12.6. The molecule has 11 nitrogen and oxygen atoms in total. The maximum Gasteiger partial charge on any atom is 0.312 e. The number of halogens is 1. The highest BCUT2D eigenvalue weighted by molar-refractivity contribution is 7.89. The van der Waals surface area contributed by atoms with Crippen LogP contribution in [-0.4, -0.2) is 51.4 Å². The first-order chi connectivity index (χ1) is 22.1. The lowest BCUT2D eigenvalue weighted by molar-refractivity contribution is -0.386. The van der Waals surface area contributed by atoms with Crippen LogP contribution in [-0.2, 0) is 33.3 Å². The van der Waals surface area contributed by atoms with Gasteiger partial charge in [-0.1, -0.05) is 41.9 Å². The first kappa shape index (κ1) is 32.7. The Kier molecular flexibility index (Phi) is 9.80. The number of fused-ring (bicyclic) bond motifs is 1. The summed E-state index contributed by atoms with van der Waals surface area (Å²) >= 11 is 6.09. The molecular formula is C33H31ClN2O9S. The fourth-order valence-electron chi connectivity index (χ4n) is 5.18. The predicted octanol–water partition coefficient (Wildman–Crippen LogP) is 5.95. The Labute approximate surface area is 271 Å². The van der Waals surface area contributed by atoms with Gasteiger partial charge < -0.3 is 23.7 Å². The number of methoxy groups -OCH3 is 2. The second-order valence-electron chi connectivity index (χ2n) is 10.7. The summed E-state index contributed by atoms with van der Waals surface area (Å²) in [7, 11) is -1.20. The van der Waals surface area contributed by atoms with Crippen molar-refractivity contribution >= 4 is 33.6 Å². The Hall–Kier alpha value is -4.65. The molecule has 13 heteroatoms. The SMILES string of the molecule is COc1ccc(CN(Cc2ccc(OC)cc2)S(=O)(=O)c2ccc(OC[C@@]3(C=O)CCOc4cc(Cl)ccc43)c([N+](=O)[O-])c2)cc1. The Morgan fingerprint density at radius 3 is 2.09 bits per heavy atom. The second kappa shape index (κ2) is 13.8. The Morgan fingerprint density at radius 2 is 1.54 bits per heavy atom. The minimum absolute atomic E-state index is 0.0161. The maximum atomic E-state index is 14.1. The minimum Gasteiger partial charge on any atom is -0.497 e. The summed E-state index contributed by atoms with van der Waals surface area (Å²) in [6, 6.07) is 22.3. The predicted molar refractivity (Wildman–Crippen MR) is 170 cm³/mol. The van der Waals surface area contributed by atoms with Crippen molar-refractivity contribution in [2.75, 3.05) is 27.4 Å². The Balaban J connectivity index is 1.46. The number of rotatable bonds is 13. The van der Waals surface area contributed by atoms with Gasteiger partial charge in [0.05, 0.1) is 36.1 Å². The molecule has 0 bridgehead atoms. The van der Waals surface area contributed by atoms with E-state index in [4.69, 9.17) is 30.5 Å². The summed E-state index contributed by atoms with van der Waals surface area (Å²) in [5.41, 5.74) is 0.214. The molecule has 1 heterocycles. The molecule has 0 spiro atoms. The van der Waals surface area contributed by atoms with E-state index >= 15 is 0 Å². The van der Waals surface area contributed by atoms with E-state index in [1.807, 2.05) is 0 Å². The van der Waals surface area contributed by atoms with Crippen LogP contribution in [0.2, 0.25) is 5.02 Å². The monoisotopic (exact) mass is 666 g/mol. The molecule has 4 aromatic rings. The maximum absolute atomic E-state index is 14.1. The average molecular weight is 667 g/mol. The number of hydrogen-bond donors (Lipinski definition) is 0. The van der Waals surface area contributed by atoms with Crippen LogP contribution in [0.5, 0.6) is 23.0 Å². The molecule has 1 atom stereocenters. The first-order valence-corrected chi connectivity index (χ1v) is 16.0. The van der Waals surface area contributed by atoms with Crippen LogP contribution >= 0.6 is 11.6 Å². The molecule has 0 aliphatic carbocycles. The number of nitrogens with zero attached hydrogens (tertiary/aromatic N) is 2. The lowest BCUT2D eigenvalue weighted by Crippen LogP contribution is -2.40. The van der Waals surface area contributed by atoms with Crippen LogP contribution < -0.4 is 18.9 Å². The highest BCUT2D eigenvalue weighted by Crippen LogP contribution is 2.41. The smallest absolute Gasteiger partial charge is 0.312 e. The van der Waals surface area contributed by atoms with Gasteiger partial charge in [0.25, 0.3) is 0 Å². The molecule has 0 aromatic heterocycles. The van der Waals surface area contributed by atoms with Crippen molar-refractivity contribution < 1.29 is 37.1 Å². The molecule has 0 fully saturated rings. The van der Waals surface area contributed by atoms with Gasteiger partial charge in [0.1, 0.15) is 30.1 Å². The third-order valence-corrected chi connectivity index (χ3v) is 9.82. The molecule has 240 valence electrons. The van der Waals surface area contributed by atoms with Gasteiger partial charge in [0.2, 0.25) is 10.0 Å². The van der Waals surface area contributed by atoms with Gasteiger partial charge in [-0.2, -0.15) is 4.31 Å². The lowest BCUT2D eigenvalue weighted by Gasteiger charge is -2.34. The van der Waals surface area contributed by atoms with Gasteiger partial charge in [-0.15, -0.1) is 0 Å². The van der Waals surface area contributed by atoms with E-state index in [1.165, 1.54) is 30.7 Å². The van der Waals surface area contributed by atoms with E-state index in [2.05, 4.69) is 0 Å². The number of sulfonamides is 1. The number of hydrogen-bond acceptors (Lipinski definition) is 9. The Bertz CT molecular complexity index is 1780. The number of nitro groups is 1. The minimum atomic E-state index is -4.27. The number of benzene rings is 4. The zero-order chi connectivity index (χ0) is 32.9. The highest BCUT2D eigenvalue weighted by Gasteiger charge is 2.40. The van der Waals surface area contributed by atoms with Gasteiger partial charge in [0, 0.05) is 36.2 Å². The van der Waals surface area contributed by atoms with Crippen LogP contribution in [0.1, 0.15) is 23.1 Å². The van der Waals surface area contributed by atoms with E-state index in [-0.39, 0.29) is 43.4 Å². The second-order valence-corrected chi connectivity index (χ2v) is 13.0. The first-order valence-electron chi connectivity index (χ1n) is 14.1. The molecule has 1 aliphatic heterocycles. The number of nitro benzene ring substituents is 1. The topological polar surface area (TPSA) is 135 Å². The third kappa shape index (κ3) is 6.94. The van der Waals surface area contributed by atoms with Crippen molar-refractivity contribution in [2.24, 2.45) is 0 Å². The van der Waals surface area contributed by atoms with Crippen LogP contribution in [0.15, 0.2) is 89.8 Å². The number of aldehydes is 1. The van der Waals surface area contributed by atoms with Gasteiger partial charge in [-0.05, 0) is 59.7 Å². The van der Waals surface area contributed by atoms with E-state index in [0.717, 1.165) is 12.4 Å². The van der Waals surface area contributed by atoms with Crippen LogP contribution in [0.4, 0.5) is 5.69 Å². The summed E-state index contributed by atoms with van der Waals surface area (Å²) in [4.78, 5) is 23.6. The third-order valence-electron chi connectivity index (χ3n) is 7.80. The molecule has 0 unspecified atom stereocenters. The van der Waals surface area contributed by atoms with Crippen LogP contribution in [0.25, 0.3) is 0 Å². The van der Waals surface area contributed by atoms with Crippen molar-refractivity contribution in [3.8, 4) is 23.0 Å². The highest BCUT2D eigenvalue weighted by atomic mass is 35.5. The van der Waals surface area contributed by atoms with Crippen LogP contribution in [0.3, 0.4) is 0 Å². The molecule has 0 amide bonds. The van der Waals surface area contributed by atoms with E-state index in [9.17, 15) is 23.3 Å². The van der Waals surface area contributed by atoms with Crippen molar-refractivity contribution in [3.05, 3.63) is 117 Å². The van der Waals surface area contributed by atoms with Crippen molar-refractivity contribution in [2.45, 2.75) is 29.8 Å². The largest absolute Gasteiger partial charge is 0.497 e. The fourth-order valence-corrected chi connectivity index (χ4v) is 6.78. The van der Waals surface area contributed by atoms with E-state index < -0.39 is 26.0 Å². The summed E-state index contributed by atoms with van der Waals surface area (Å²) in [5.74, 6) is 1.48. The molecule has 0 saturated heterocycles. The molecule has 0 radical (unpaired) electrons. The van der Waals surface area contributed by atoms with Crippen molar-refractivity contribution in [1.29, 1.82) is 0 Å². The zero-order valence-electron chi connectivity index (χ0n) is 25.1. The normalized spacial score (nSPS) is 15.8.